The summed E-state index contributed by atoms with van der Waals surface area (Å²) in [5.41, 5.74) is 0. The zero-order valence-electron chi connectivity index (χ0n) is 9.28. The summed E-state index contributed by atoms with van der Waals surface area (Å²) >= 11 is 0. The molecule has 1 atom stereocenters. The molecular weight excluding hydrogens is 174 g/mol. The van der Waals surface area contributed by atoms with Crippen LogP contribution in [-0.2, 0) is 0 Å². The molecule has 0 amide bonds. The molecule has 1 saturated heterocycles. The Bertz CT molecular complexity index is 175. The molecule has 0 aromatic carbocycles. The Kier molecular flexibility index (Phi) is 3.45. The van der Waals surface area contributed by atoms with Crippen LogP contribution in [0.25, 0.3) is 0 Å². The Morgan fingerprint density at radius 2 is 1.86 bits per heavy atom. The monoisotopic (exact) mass is 197 g/mol. The maximum atomic E-state index is 9.43. The van der Waals surface area contributed by atoms with Gasteiger partial charge in [-0.25, -0.2) is 0 Å². The maximum Gasteiger partial charge on any atom is 0.0679 e. The van der Waals surface area contributed by atoms with E-state index in [0.717, 1.165) is 31.3 Å². The fourth-order valence-electron chi connectivity index (χ4n) is 2.85. The smallest absolute Gasteiger partial charge is 0.0679 e. The van der Waals surface area contributed by atoms with Gasteiger partial charge in [-0.15, -0.1) is 0 Å². The molecule has 2 nitrogen and oxygen atoms in total. The Labute approximate surface area is 87.3 Å². The van der Waals surface area contributed by atoms with Gasteiger partial charge in [0.1, 0.15) is 0 Å². The normalized spacial score (nSPS) is 40.3. The molecule has 0 radical (unpaired) electrons. The van der Waals surface area contributed by atoms with E-state index in [9.17, 15) is 5.11 Å². The van der Waals surface area contributed by atoms with E-state index in [0.29, 0.717) is 0 Å². The lowest BCUT2D eigenvalue weighted by Gasteiger charge is -2.29. The molecule has 1 heterocycles. The van der Waals surface area contributed by atoms with Crippen molar-refractivity contribution in [2.45, 2.75) is 45.1 Å². The Balaban J connectivity index is 1.70. The molecule has 1 aliphatic carbocycles. The Morgan fingerprint density at radius 3 is 2.43 bits per heavy atom. The van der Waals surface area contributed by atoms with Crippen LogP contribution in [0.15, 0.2) is 0 Å². The highest BCUT2D eigenvalue weighted by atomic mass is 16.3. The van der Waals surface area contributed by atoms with Gasteiger partial charge in [0, 0.05) is 19.6 Å². The highest BCUT2D eigenvalue weighted by Crippen LogP contribution is 2.29. The Morgan fingerprint density at radius 1 is 1.14 bits per heavy atom. The topological polar surface area (TPSA) is 23.5 Å². The lowest BCUT2D eigenvalue weighted by molar-refractivity contribution is 0.159. The number of hydrogen-bond acceptors (Lipinski definition) is 2. The van der Waals surface area contributed by atoms with Crippen molar-refractivity contribution in [3.05, 3.63) is 0 Å². The SMILES string of the molecule is CC1CCC(CN2CCC(O)C2)CC1. The van der Waals surface area contributed by atoms with Gasteiger partial charge in [0.25, 0.3) is 0 Å². The molecule has 0 bridgehead atoms. The van der Waals surface area contributed by atoms with Gasteiger partial charge in [0.15, 0.2) is 0 Å². The lowest BCUT2D eigenvalue weighted by Crippen LogP contribution is -2.30. The zero-order chi connectivity index (χ0) is 9.97. The van der Waals surface area contributed by atoms with Crippen LogP contribution in [0.4, 0.5) is 0 Å². The summed E-state index contributed by atoms with van der Waals surface area (Å²) in [6.07, 6.45) is 6.60. The molecule has 2 aliphatic rings. The minimum atomic E-state index is -0.0440. The summed E-state index contributed by atoms with van der Waals surface area (Å²) in [6.45, 7) is 5.65. The average Bonchev–Trinajstić information content (AvgIpc) is 2.56. The molecular formula is C12H23NO. The average molecular weight is 197 g/mol. The van der Waals surface area contributed by atoms with Crippen LogP contribution in [0, 0.1) is 11.8 Å². The molecule has 0 aromatic rings. The molecule has 1 saturated carbocycles. The summed E-state index contributed by atoms with van der Waals surface area (Å²) in [6, 6.07) is 0. The molecule has 0 aromatic heterocycles. The second-order valence-corrected chi connectivity index (χ2v) is 5.33. The van der Waals surface area contributed by atoms with Crippen molar-refractivity contribution in [2.24, 2.45) is 11.8 Å². The van der Waals surface area contributed by atoms with E-state index in [-0.39, 0.29) is 6.10 Å². The number of β-amino-alcohol motifs (C(OH)–C–C–N with tert-alkyl or cyclic N) is 1. The summed E-state index contributed by atoms with van der Waals surface area (Å²) in [7, 11) is 0. The van der Waals surface area contributed by atoms with Crippen molar-refractivity contribution < 1.29 is 5.11 Å². The molecule has 14 heavy (non-hydrogen) atoms. The summed E-state index contributed by atoms with van der Waals surface area (Å²) in [5, 5.41) is 9.43. The summed E-state index contributed by atoms with van der Waals surface area (Å²) in [5.74, 6) is 1.87. The third kappa shape index (κ3) is 2.71. The van der Waals surface area contributed by atoms with E-state index in [1.807, 2.05) is 0 Å². The van der Waals surface area contributed by atoms with E-state index in [4.69, 9.17) is 0 Å². The van der Waals surface area contributed by atoms with Crippen LogP contribution >= 0.6 is 0 Å². The highest BCUT2D eigenvalue weighted by molar-refractivity contribution is 4.79. The summed E-state index contributed by atoms with van der Waals surface area (Å²) < 4.78 is 0. The standard InChI is InChI=1S/C12H23NO/c1-10-2-4-11(5-3-10)8-13-7-6-12(14)9-13/h10-12,14H,2-9H2,1H3. The van der Waals surface area contributed by atoms with Crippen LogP contribution in [0.2, 0.25) is 0 Å². The van der Waals surface area contributed by atoms with Gasteiger partial charge in [-0.2, -0.15) is 0 Å². The number of nitrogens with zero attached hydrogens (tertiary/aromatic N) is 1. The molecule has 2 fully saturated rings. The largest absolute Gasteiger partial charge is 0.392 e. The molecule has 1 unspecified atom stereocenters. The molecule has 2 rings (SSSR count). The predicted octanol–water partition coefficient (Wildman–Crippen LogP) is 1.88. The number of aliphatic hydroxyl groups is 1. The third-order valence-electron chi connectivity index (χ3n) is 3.90. The van der Waals surface area contributed by atoms with E-state index < -0.39 is 0 Å². The minimum absolute atomic E-state index is 0.0440. The van der Waals surface area contributed by atoms with Crippen LogP contribution in [0.3, 0.4) is 0 Å². The minimum Gasteiger partial charge on any atom is -0.392 e. The van der Waals surface area contributed by atoms with E-state index in [1.165, 1.54) is 32.2 Å². The van der Waals surface area contributed by atoms with Gasteiger partial charge in [0.2, 0.25) is 0 Å². The first kappa shape index (κ1) is 10.4. The van der Waals surface area contributed by atoms with Crippen LogP contribution in [0.1, 0.15) is 39.0 Å². The van der Waals surface area contributed by atoms with Crippen molar-refractivity contribution in [1.82, 2.24) is 4.90 Å². The second-order valence-electron chi connectivity index (χ2n) is 5.33. The maximum absolute atomic E-state index is 9.43. The first-order valence-electron chi connectivity index (χ1n) is 6.14. The van der Waals surface area contributed by atoms with E-state index in [1.54, 1.807) is 0 Å². The zero-order valence-corrected chi connectivity index (χ0v) is 9.28. The van der Waals surface area contributed by atoms with Crippen LogP contribution in [0.5, 0.6) is 0 Å². The molecule has 0 spiro atoms. The van der Waals surface area contributed by atoms with Gasteiger partial charge in [-0.3, -0.25) is 0 Å². The van der Waals surface area contributed by atoms with Gasteiger partial charge in [0.05, 0.1) is 6.10 Å². The fraction of sp³-hybridized carbons (Fsp3) is 1.00. The fourth-order valence-corrected chi connectivity index (χ4v) is 2.85. The van der Waals surface area contributed by atoms with Crippen molar-refractivity contribution in [3.63, 3.8) is 0 Å². The first-order chi connectivity index (χ1) is 6.74. The van der Waals surface area contributed by atoms with Gasteiger partial charge in [-0.05, 0) is 31.1 Å². The van der Waals surface area contributed by atoms with Crippen molar-refractivity contribution in [1.29, 1.82) is 0 Å². The Hall–Kier alpha value is -0.0800. The second kappa shape index (κ2) is 4.63. The number of rotatable bonds is 2. The molecule has 2 heteroatoms. The van der Waals surface area contributed by atoms with E-state index in [2.05, 4.69) is 11.8 Å². The van der Waals surface area contributed by atoms with Gasteiger partial charge >= 0.3 is 0 Å². The number of hydrogen-bond donors (Lipinski definition) is 1. The lowest BCUT2D eigenvalue weighted by atomic mass is 9.83. The van der Waals surface area contributed by atoms with Crippen molar-refractivity contribution in [3.8, 4) is 0 Å². The molecule has 1 aliphatic heterocycles. The molecule has 82 valence electrons. The van der Waals surface area contributed by atoms with Crippen LogP contribution < -0.4 is 0 Å². The molecule has 1 N–H and O–H groups in total. The van der Waals surface area contributed by atoms with Crippen molar-refractivity contribution in [2.75, 3.05) is 19.6 Å². The van der Waals surface area contributed by atoms with Crippen molar-refractivity contribution >= 4 is 0 Å². The predicted molar refractivity (Wildman–Crippen MR) is 58.2 cm³/mol. The first-order valence-corrected chi connectivity index (χ1v) is 6.14. The third-order valence-corrected chi connectivity index (χ3v) is 3.90. The number of aliphatic hydroxyl groups excluding tert-OH is 1. The summed E-state index contributed by atoms with van der Waals surface area (Å²) in [4.78, 5) is 2.45. The van der Waals surface area contributed by atoms with Gasteiger partial charge in [-0.1, -0.05) is 19.8 Å². The number of likely N-dealkylation sites (tertiary alicyclic amines) is 1. The van der Waals surface area contributed by atoms with Gasteiger partial charge < -0.3 is 10.0 Å². The highest BCUT2D eigenvalue weighted by Gasteiger charge is 2.25. The van der Waals surface area contributed by atoms with Crippen LogP contribution in [-0.4, -0.2) is 35.7 Å². The quantitative estimate of drug-likeness (QED) is 0.730. The van der Waals surface area contributed by atoms with E-state index >= 15 is 0 Å².